The van der Waals surface area contributed by atoms with Gasteiger partial charge in [-0.15, -0.1) is 0 Å². The molecular weight excluding hydrogens is 264 g/mol. The Hall–Kier alpha value is -1.51. The van der Waals surface area contributed by atoms with E-state index in [2.05, 4.69) is 20.6 Å². The topological polar surface area (TPSA) is 91.0 Å². The first-order chi connectivity index (χ1) is 9.85. The predicted octanol–water partition coefficient (Wildman–Crippen LogP) is 1.01. The molecule has 0 spiro atoms. The highest BCUT2D eigenvalue weighted by Gasteiger charge is 2.27. The molecule has 0 amide bonds. The fourth-order valence-electron chi connectivity index (χ4n) is 1.81. The van der Waals surface area contributed by atoms with E-state index in [4.69, 9.17) is 18.8 Å². The van der Waals surface area contributed by atoms with Crippen molar-refractivity contribution in [3.8, 4) is 0 Å². The maximum atomic E-state index is 5.39. The lowest BCUT2D eigenvalue weighted by atomic mass is 10.1. The van der Waals surface area contributed by atoms with E-state index in [1.165, 1.54) is 0 Å². The standard InChI is InChI=1S/C12H20N4O4/c1-3-5-18-7-10-14-12(20-15-10)9(4-6-17-2)11-13-8-19-16-11/h9H,3-8H2,1-2H3,(H,13,16). The molecule has 0 saturated carbocycles. The Morgan fingerprint density at radius 3 is 3.00 bits per heavy atom. The number of aromatic nitrogens is 2. The first kappa shape index (κ1) is 14.9. The van der Waals surface area contributed by atoms with Crippen molar-refractivity contribution < 1.29 is 18.8 Å². The number of hydroxylamine groups is 1. The summed E-state index contributed by atoms with van der Waals surface area (Å²) in [6.07, 6.45) is 1.64. The van der Waals surface area contributed by atoms with Gasteiger partial charge < -0.3 is 14.0 Å². The molecule has 1 aromatic rings. The lowest BCUT2D eigenvalue weighted by Gasteiger charge is -2.11. The summed E-state index contributed by atoms with van der Waals surface area (Å²) in [6.45, 7) is 3.94. The summed E-state index contributed by atoms with van der Waals surface area (Å²) in [5, 5.41) is 3.91. The smallest absolute Gasteiger partial charge is 0.237 e. The van der Waals surface area contributed by atoms with Gasteiger partial charge in [-0.1, -0.05) is 12.1 Å². The van der Waals surface area contributed by atoms with Crippen molar-refractivity contribution in [2.75, 3.05) is 27.1 Å². The minimum atomic E-state index is -0.148. The van der Waals surface area contributed by atoms with Crippen molar-refractivity contribution in [2.24, 2.45) is 4.99 Å². The van der Waals surface area contributed by atoms with Crippen LogP contribution in [0.15, 0.2) is 9.52 Å². The Bertz CT molecular complexity index is 435. The summed E-state index contributed by atoms with van der Waals surface area (Å²) in [7, 11) is 1.65. The molecule has 20 heavy (non-hydrogen) atoms. The minimum Gasteiger partial charge on any atom is -0.385 e. The van der Waals surface area contributed by atoms with Gasteiger partial charge in [0, 0.05) is 20.3 Å². The molecule has 0 bridgehead atoms. The Balaban J connectivity index is 2.00. The maximum absolute atomic E-state index is 5.39. The van der Waals surface area contributed by atoms with E-state index in [1.807, 2.05) is 6.92 Å². The van der Waals surface area contributed by atoms with Gasteiger partial charge in [0.15, 0.2) is 12.6 Å². The summed E-state index contributed by atoms with van der Waals surface area (Å²) in [4.78, 5) is 13.6. The van der Waals surface area contributed by atoms with Gasteiger partial charge in [-0.05, 0) is 12.8 Å². The van der Waals surface area contributed by atoms with Crippen molar-refractivity contribution in [3.05, 3.63) is 11.7 Å². The van der Waals surface area contributed by atoms with Gasteiger partial charge in [0.05, 0.1) is 5.92 Å². The summed E-state index contributed by atoms with van der Waals surface area (Å²) in [6, 6.07) is 0. The zero-order chi connectivity index (χ0) is 14.2. The third kappa shape index (κ3) is 3.99. The third-order valence-electron chi connectivity index (χ3n) is 2.78. The molecule has 1 aliphatic rings. The third-order valence-corrected chi connectivity index (χ3v) is 2.78. The van der Waals surface area contributed by atoms with Crippen LogP contribution in [0.3, 0.4) is 0 Å². The van der Waals surface area contributed by atoms with Crippen LogP contribution in [-0.2, 0) is 20.9 Å². The first-order valence-corrected chi connectivity index (χ1v) is 6.66. The Labute approximate surface area is 117 Å². The zero-order valence-electron chi connectivity index (χ0n) is 11.8. The van der Waals surface area contributed by atoms with Crippen molar-refractivity contribution in [2.45, 2.75) is 32.3 Å². The first-order valence-electron chi connectivity index (χ1n) is 6.66. The monoisotopic (exact) mass is 284 g/mol. The summed E-state index contributed by atoms with van der Waals surface area (Å²) in [5.41, 5.74) is 2.76. The van der Waals surface area contributed by atoms with Crippen LogP contribution in [0.5, 0.6) is 0 Å². The van der Waals surface area contributed by atoms with Crippen LogP contribution >= 0.6 is 0 Å². The molecule has 8 nitrogen and oxygen atoms in total. The van der Waals surface area contributed by atoms with Gasteiger partial charge in [0.1, 0.15) is 12.4 Å². The van der Waals surface area contributed by atoms with E-state index in [9.17, 15) is 0 Å². The fraction of sp³-hybridized carbons (Fsp3) is 0.750. The second-order valence-electron chi connectivity index (χ2n) is 4.35. The lowest BCUT2D eigenvalue weighted by molar-refractivity contribution is 0.112. The Kier molecular flexibility index (Phi) is 5.90. The molecule has 1 aromatic heterocycles. The molecule has 1 atom stereocenters. The fourth-order valence-corrected chi connectivity index (χ4v) is 1.81. The van der Waals surface area contributed by atoms with Gasteiger partial charge in [-0.2, -0.15) is 4.98 Å². The van der Waals surface area contributed by atoms with Crippen LogP contribution in [0.4, 0.5) is 0 Å². The predicted molar refractivity (Wildman–Crippen MR) is 70.0 cm³/mol. The number of aliphatic imine (C=N–C) groups is 1. The van der Waals surface area contributed by atoms with Gasteiger partial charge in [-0.3, -0.25) is 10.3 Å². The maximum Gasteiger partial charge on any atom is 0.237 e. The molecule has 2 rings (SSSR count). The quantitative estimate of drug-likeness (QED) is 0.676. The van der Waals surface area contributed by atoms with E-state index in [0.717, 1.165) is 6.42 Å². The molecule has 1 N–H and O–H groups in total. The molecule has 8 heteroatoms. The van der Waals surface area contributed by atoms with Crippen LogP contribution in [0, 0.1) is 0 Å². The molecule has 0 radical (unpaired) electrons. The van der Waals surface area contributed by atoms with E-state index < -0.39 is 0 Å². The molecule has 1 aliphatic heterocycles. The molecule has 0 saturated heterocycles. The number of hydrogen-bond acceptors (Lipinski definition) is 8. The Morgan fingerprint density at radius 1 is 1.40 bits per heavy atom. The second kappa shape index (κ2) is 7.93. The largest absolute Gasteiger partial charge is 0.385 e. The van der Waals surface area contributed by atoms with Crippen LogP contribution in [0.1, 0.15) is 37.4 Å². The van der Waals surface area contributed by atoms with Gasteiger partial charge in [0.2, 0.25) is 5.89 Å². The average molecular weight is 284 g/mol. The SMILES string of the molecule is CCCOCc1noc(C(CCOC)C2=NCON2)n1. The number of amidine groups is 1. The number of hydrogen-bond donors (Lipinski definition) is 1. The van der Waals surface area contributed by atoms with Gasteiger partial charge in [-0.25, -0.2) is 4.99 Å². The molecule has 0 aliphatic carbocycles. The lowest BCUT2D eigenvalue weighted by Crippen LogP contribution is -2.25. The number of ether oxygens (including phenoxy) is 2. The molecule has 2 heterocycles. The van der Waals surface area contributed by atoms with Crippen LogP contribution < -0.4 is 5.48 Å². The van der Waals surface area contributed by atoms with E-state index >= 15 is 0 Å². The second-order valence-corrected chi connectivity index (χ2v) is 4.35. The molecule has 0 aromatic carbocycles. The number of nitrogens with one attached hydrogen (secondary N) is 1. The zero-order valence-corrected chi connectivity index (χ0v) is 11.8. The average Bonchev–Trinajstić information content (AvgIpc) is 3.12. The summed E-state index contributed by atoms with van der Waals surface area (Å²) in [5.74, 6) is 1.57. The highest BCUT2D eigenvalue weighted by atomic mass is 16.7. The minimum absolute atomic E-state index is 0.148. The molecule has 112 valence electrons. The molecular formula is C12H20N4O4. The van der Waals surface area contributed by atoms with E-state index in [1.54, 1.807) is 7.11 Å². The highest BCUT2D eigenvalue weighted by Crippen LogP contribution is 2.21. The van der Waals surface area contributed by atoms with E-state index in [0.29, 0.717) is 50.5 Å². The van der Waals surface area contributed by atoms with Crippen molar-refractivity contribution in [1.82, 2.24) is 15.6 Å². The van der Waals surface area contributed by atoms with Crippen LogP contribution in [0.2, 0.25) is 0 Å². The van der Waals surface area contributed by atoms with Gasteiger partial charge >= 0.3 is 0 Å². The van der Waals surface area contributed by atoms with Crippen molar-refractivity contribution >= 4 is 5.84 Å². The number of rotatable bonds is 9. The van der Waals surface area contributed by atoms with Gasteiger partial charge in [0.25, 0.3) is 0 Å². The van der Waals surface area contributed by atoms with Crippen LogP contribution in [0.25, 0.3) is 0 Å². The summed E-state index contributed by atoms with van der Waals surface area (Å²) < 4.78 is 15.8. The van der Waals surface area contributed by atoms with E-state index in [-0.39, 0.29) is 5.92 Å². The Morgan fingerprint density at radius 2 is 2.30 bits per heavy atom. The summed E-state index contributed by atoms with van der Waals surface area (Å²) >= 11 is 0. The van der Waals surface area contributed by atoms with Crippen molar-refractivity contribution in [1.29, 1.82) is 0 Å². The van der Waals surface area contributed by atoms with Crippen LogP contribution in [-0.4, -0.2) is 43.0 Å². The molecule has 1 unspecified atom stereocenters. The normalized spacial score (nSPS) is 16.0. The van der Waals surface area contributed by atoms with Crippen molar-refractivity contribution in [3.63, 3.8) is 0 Å². The number of nitrogens with zero attached hydrogens (tertiary/aromatic N) is 3. The highest BCUT2D eigenvalue weighted by molar-refractivity contribution is 5.87. The number of methoxy groups -OCH3 is 1. The molecule has 0 fully saturated rings.